The van der Waals surface area contributed by atoms with Crippen molar-refractivity contribution in [2.45, 2.75) is 6.18 Å². The van der Waals surface area contributed by atoms with E-state index in [2.05, 4.69) is 15.6 Å². The fraction of sp³-hybridized carbons (Fsp3) is 0.214. The van der Waals surface area contributed by atoms with Crippen molar-refractivity contribution < 1.29 is 17.9 Å². The fourth-order valence-corrected chi connectivity index (χ4v) is 1.71. The van der Waals surface area contributed by atoms with Crippen LogP contribution >= 0.6 is 0 Å². The summed E-state index contributed by atoms with van der Waals surface area (Å²) < 4.78 is 43.5. The Hall–Kier alpha value is -2.44. The summed E-state index contributed by atoms with van der Waals surface area (Å²) in [5.41, 5.74) is -0.150. The molecule has 0 unspecified atom stereocenters. The van der Waals surface area contributed by atoms with Gasteiger partial charge in [0, 0.05) is 12.7 Å². The van der Waals surface area contributed by atoms with Gasteiger partial charge < -0.3 is 15.4 Å². The highest BCUT2D eigenvalue weighted by molar-refractivity contribution is 5.60. The van der Waals surface area contributed by atoms with Crippen molar-refractivity contribution in [1.29, 1.82) is 0 Å². The molecule has 0 atom stereocenters. The minimum absolute atomic E-state index is 0.111. The van der Waals surface area contributed by atoms with Gasteiger partial charge in [-0.2, -0.15) is 13.2 Å². The molecule has 0 saturated heterocycles. The summed E-state index contributed by atoms with van der Waals surface area (Å²) in [5.74, 6) is 0.911. The summed E-state index contributed by atoms with van der Waals surface area (Å²) in [6.07, 6.45) is -4.43. The van der Waals surface area contributed by atoms with Gasteiger partial charge >= 0.3 is 6.18 Å². The summed E-state index contributed by atoms with van der Waals surface area (Å²) in [7, 11) is 3.05. The zero-order valence-electron chi connectivity index (χ0n) is 11.5. The number of methoxy groups -OCH3 is 1. The monoisotopic (exact) mass is 297 g/mol. The second-order valence-corrected chi connectivity index (χ2v) is 4.23. The first kappa shape index (κ1) is 15.0. The van der Waals surface area contributed by atoms with E-state index in [1.54, 1.807) is 24.3 Å². The van der Waals surface area contributed by atoms with Crippen LogP contribution in [0.1, 0.15) is 5.56 Å². The molecule has 2 rings (SSSR count). The van der Waals surface area contributed by atoms with Gasteiger partial charge in [-0.1, -0.05) is 0 Å². The van der Waals surface area contributed by atoms with Crippen LogP contribution in [-0.2, 0) is 6.18 Å². The number of nitrogens with one attached hydrogen (secondary N) is 2. The van der Waals surface area contributed by atoms with Crippen LogP contribution in [0, 0.1) is 0 Å². The molecule has 0 spiro atoms. The molecule has 1 heterocycles. The Bertz CT molecular complexity index is 612. The highest BCUT2D eigenvalue weighted by atomic mass is 19.4. The van der Waals surface area contributed by atoms with Crippen LogP contribution < -0.4 is 15.4 Å². The first-order chi connectivity index (χ1) is 9.92. The average Bonchev–Trinajstić information content (AvgIpc) is 2.46. The molecule has 0 amide bonds. The number of nitrogens with zero attached hydrogens (tertiary/aromatic N) is 1. The lowest BCUT2D eigenvalue weighted by atomic mass is 10.2. The average molecular weight is 297 g/mol. The molecule has 0 bridgehead atoms. The molecule has 0 aliphatic heterocycles. The van der Waals surface area contributed by atoms with E-state index in [9.17, 15) is 13.2 Å². The van der Waals surface area contributed by atoms with Gasteiger partial charge in [0.15, 0.2) is 0 Å². The lowest BCUT2D eigenvalue weighted by molar-refractivity contribution is -0.137. The fourth-order valence-electron chi connectivity index (χ4n) is 1.71. The zero-order chi connectivity index (χ0) is 15.5. The summed E-state index contributed by atoms with van der Waals surface area (Å²) in [6.45, 7) is 0. The molecule has 7 heteroatoms. The van der Waals surface area contributed by atoms with E-state index >= 15 is 0 Å². The minimum Gasteiger partial charge on any atom is -0.497 e. The Morgan fingerprint density at radius 1 is 1.05 bits per heavy atom. The smallest absolute Gasteiger partial charge is 0.416 e. The van der Waals surface area contributed by atoms with E-state index in [-0.39, 0.29) is 11.6 Å². The van der Waals surface area contributed by atoms with Crippen molar-refractivity contribution in [1.82, 2.24) is 4.98 Å². The zero-order valence-corrected chi connectivity index (χ0v) is 11.5. The second-order valence-electron chi connectivity index (χ2n) is 4.23. The number of hydrogen-bond acceptors (Lipinski definition) is 4. The molecule has 2 N–H and O–H groups in total. The van der Waals surface area contributed by atoms with Crippen LogP contribution in [0.25, 0.3) is 0 Å². The third-order valence-corrected chi connectivity index (χ3v) is 2.77. The maximum atomic E-state index is 12.8. The Labute approximate surface area is 120 Å². The molecule has 0 fully saturated rings. The van der Waals surface area contributed by atoms with Gasteiger partial charge in [0.25, 0.3) is 0 Å². The van der Waals surface area contributed by atoms with Crippen LogP contribution in [0.15, 0.2) is 36.4 Å². The molecule has 1 aromatic heterocycles. The van der Waals surface area contributed by atoms with Crippen LogP contribution in [0.3, 0.4) is 0 Å². The molecule has 0 radical (unpaired) electrons. The number of rotatable bonds is 4. The van der Waals surface area contributed by atoms with Crippen LogP contribution in [0.5, 0.6) is 5.75 Å². The number of halogens is 3. The Morgan fingerprint density at radius 3 is 2.19 bits per heavy atom. The van der Waals surface area contributed by atoms with Gasteiger partial charge in [-0.3, -0.25) is 0 Å². The van der Waals surface area contributed by atoms with Crippen molar-refractivity contribution in [3.8, 4) is 5.75 Å². The van der Waals surface area contributed by atoms with E-state index in [1.807, 2.05) is 0 Å². The molecule has 4 nitrogen and oxygen atoms in total. The second kappa shape index (κ2) is 5.90. The topological polar surface area (TPSA) is 46.2 Å². The number of pyridine rings is 1. The third-order valence-electron chi connectivity index (χ3n) is 2.77. The Balaban J connectivity index is 2.29. The standard InChI is InChI=1S/C14H14F3N3O/c1-18-12-7-9(14(15,16)17)8-13(20-12)19-10-3-5-11(21-2)6-4-10/h3-8H,1-2H3,(H2,18,19,20). The maximum Gasteiger partial charge on any atom is 0.416 e. The largest absolute Gasteiger partial charge is 0.497 e. The van der Waals surface area contributed by atoms with Gasteiger partial charge in [-0.15, -0.1) is 0 Å². The molecule has 1 aromatic carbocycles. The molecular formula is C14H14F3N3O. The first-order valence-electron chi connectivity index (χ1n) is 6.10. The molecule has 0 aliphatic carbocycles. The summed E-state index contributed by atoms with van der Waals surface area (Å²) >= 11 is 0. The van der Waals surface area contributed by atoms with Crippen LogP contribution in [-0.4, -0.2) is 19.1 Å². The number of alkyl halides is 3. The number of benzene rings is 1. The van der Waals surface area contributed by atoms with Crippen molar-refractivity contribution in [3.63, 3.8) is 0 Å². The third kappa shape index (κ3) is 3.77. The molecule has 2 aromatic rings. The van der Waals surface area contributed by atoms with E-state index < -0.39 is 11.7 Å². The highest BCUT2D eigenvalue weighted by Crippen LogP contribution is 2.32. The number of anilines is 3. The summed E-state index contributed by atoms with van der Waals surface area (Å²) in [6, 6.07) is 8.72. The van der Waals surface area contributed by atoms with E-state index in [1.165, 1.54) is 14.2 Å². The molecular weight excluding hydrogens is 283 g/mol. The number of hydrogen-bond donors (Lipinski definition) is 2. The van der Waals surface area contributed by atoms with Crippen LogP contribution in [0.2, 0.25) is 0 Å². The summed E-state index contributed by atoms with van der Waals surface area (Å²) in [5, 5.41) is 5.45. The highest BCUT2D eigenvalue weighted by Gasteiger charge is 2.31. The quantitative estimate of drug-likeness (QED) is 0.898. The molecule has 0 aliphatic rings. The van der Waals surface area contributed by atoms with Crippen LogP contribution in [0.4, 0.5) is 30.5 Å². The first-order valence-corrected chi connectivity index (χ1v) is 6.10. The van der Waals surface area contributed by atoms with Crippen molar-refractivity contribution in [3.05, 3.63) is 42.0 Å². The Kier molecular flexibility index (Phi) is 4.21. The predicted octanol–water partition coefficient (Wildman–Crippen LogP) is 3.89. The lowest BCUT2D eigenvalue weighted by Gasteiger charge is -2.12. The van der Waals surface area contributed by atoms with Gasteiger partial charge in [-0.25, -0.2) is 4.98 Å². The molecule has 112 valence electrons. The summed E-state index contributed by atoms with van der Waals surface area (Å²) in [4.78, 5) is 4.05. The Morgan fingerprint density at radius 2 is 1.67 bits per heavy atom. The number of ether oxygens (including phenoxy) is 1. The van der Waals surface area contributed by atoms with Crippen molar-refractivity contribution in [2.75, 3.05) is 24.8 Å². The van der Waals surface area contributed by atoms with Gasteiger partial charge in [0.2, 0.25) is 0 Å². The van der Waals surface area contributed by atoms with Gasteiger partial charge in [0.1, 0.15) is 17.4 Å². The van der Waals surface area contributed by atoms with Crippen molar-refractivity contribution in [2.24, 2.45) is 0 Å². The lowest BCUT2D eigenvalue weighted by Crippen LogP contribution is -2.08. The van der Waals surface area contributed by atoms with Crippen molar-refractivity contribution >= 4 is 17.3 Å². The normalized spacial score (nSPS) is 11.1. The van der Waals surface area contributed by atoms with E-state index in [0.717, 1.165) is 12.1 Å². The number of aromatic nitrogens is 1. The maximum absolute atomic E-state index is 12.8. The van der Waals surface area contributed by atoms with E-state index in [0.29, 0.717) is 11.4 Å². The SMILES string of the molecule is CNc1cc(C(F)(F)F)cc(Nc2ccc(OC)cc2)n1. The minimum atomic E-state index is -4.43. The van der Waals surface area contributed by atoms with Gasteiger partial charge in [-0.05, 0) is 36.4 Å². The molecule has 21 heavy (non-hydrogen) atoms. The van der Waals surface area contributed by atoms with E-state index in [4.69, 9.17) is 4.74 Å². The van der Waals surface area contributed by atoms with Gasteiger partial charge in [0.05, 0.1) is 12.7 Å². The predicted molar refractivity (Wildman–Crippen MR) is 75.1 cm³/mol. The molecule has 0 saturated carbocycles.